The van der Waals surface area contributed by atoms with Gasteiger partial charge >= 0.3 is 0 Å². The zero-order valence-corrected chi connectivity index (χ0v) is 16.5. The summed E-state index contributed by atoms with van der Waals surface area (Å²) >= 11 is 6.06. The number of hydrogen-bond donors (Lipinski definition) is 1. The van der Waals surface area contributed by atoms with E-state index in [1.54, 1.807) is 42.5 Å². The zero-order valence-electron chi connectivity index (χ0n) is 14.9. The van der Waals surface area contributed by atoms with E-state index in [-0.39, 0.29) is 11.7 Å². The summed E-state index contributed by atoms with van der Waals surface area (Å²) in [7, 11) is -1.78. The van der Waals surface area contributed by atoms with Crippen LogP contribution in [-0.2, 0) is 15.8 Å². The molecule has 1 heterocycles. The van der Waals surface area contributed by atoms with Crippen LogP contribution in [0.3, 0.4) is 0 Å². The lowest BCUT2D eigenvalue weighted by atomic mass is 10.1. The Morgan fingerprint density at radius 2 is 1.81 bits per heavy atom. The summed E-state index contributed by atoms with van der Waals surface area (Å²) in [6.45, 7) is 1.18. The molecule has 144 valence electrons. The molecular formula is C19H21ClN2O4S. The lowest BCUT2D eigenvalue weighted by Gasteiger charge is -2.15. The number of rotatable bonds is 6. The van der Waals surface area contributed by atoms with Gasteiger partial charge < -0.3 is 10.1 Å². The molecule has 0 aromatic heterocycles. The van der Waals surface area contributed by atoms with Gasteiger partial charge in [0.25, 0.3) is 5.91 Å². The Labute approximate surface area is 164 Å². The number of nitrogens with zero attached hydrogens (tertiary/aromatic N) is 1. The molecule has 1 fully saturated rings. The van der Waals surface area contributed by atoms with Crippen molar-refractivity contribution in [1.82, 2.24) is 4.31 Å². The minimum absolute atomic E-state index is 0.0526. The van der Waals surface area contributed by atoms with Gasteiger partial charge in [-0.25, -0.2) is 12.7 Å². The number of nitrogens with one attached hydrogen (secondary N) is 1. The lowest BCUT2D eigenvalue weighted by Crippen LogP contribution is -2.29. The molecule has 27 heavy (non-hydrogen) atoms. The van der Waals surface area contributed by atoms with E-state index in [4.69, 9.17) is 16.3 Å². The number of carbonyl (C=O) groups excluding carboxylic acids is 1. The highest BCUT2D eigenvalue weighted by atomic mass is 35.5. The second kappa shape index (κ2) is 8.29. The van der Waals surface area contributed by atoms with E-state index in [0.717, 1.165) is 12.8 Å². The standard InChI is InChI=1S/C19H21ClN2O4S/c1-26-18-9-8-16(12-17(18)20)21-19(23)15-6-4-14(5-7-15)13-27(24,25)22-10-2-3-11-22/h4-9,12H,2-3,10-11,13H2,1H3,(H,21,23). The normalized spacial score (nSPS) is 14.9. The molecule has 1 aliphatic rings. The van der Waals surface area contributed by atoms with E-state index in [2.05, 4.69) is 5.32 Å². The van der Waals surface area contributed by atoms with Crippen molar-refractivity contribution in [2.45, 2.75) is 18.6 Å². The van der Waals surface area contributed by atoms with Crippen LogP contribution < -0.4 is 10.1 Å². The van der Waals surface area contributed by atoms with Crippen molar-refractivity contribution in [3.05, 3.63) is 58.6 Å². The molecule has 6 nitrogen and oxygen atoms in total. The summed E-state index contributed by atoms with van der Waals surface area (Å²) in [6, 6.07) is 11.6. The van der Waals surface area contributed by atoms with Gasteiger partial charge in [-0.2, -0.15) is 0 Å². The number of halogens is 1. The summed E-state index contributed by atoms with van der Waals surface area (Å²) in [5, 5.41) is 3.16. The van der Waals surface area contributed by atoms with Crippen LogP contribution in [0.4, 0.5) is 5.69 Å². The van der Waals surface area contributed by atoms with Gasteiger partial charge in [0.15, 0.2) is 0 Å². The maximum atomic E-state index is 12.4. The van der Waals surface area contributed by atoms with Crippen molar-refractivity contribution in [2.75, 3.05) is 25.5 Å². The molecule has 1 aliphatic heterocycles. The molecule has 0 radical (unpaired) electrons. The van der Waals surface area contributed by atoms with Crippen molar-refractivity contribution in [1.29, 1.82) is 0 Å². The lowest BCUT2D eigenvalue weighted by molar-refractivity contribution is 0.102. The van der Waals surface area contributed by atoms with E-state index in [9.17, 15) is 13.2 Å². The number of anilines is 1. The highest BCUT2D eigenvalue weighted by Gasteiger charge is 2.25. The number of methoxy groups -OCH3 is 1. The quantitative estimate of drug-likeness (QED) is 0.793. The first-order valence-electron chi connectivity index (χ1n) is 8.61. The molecule has 0 saturated carbocycles. The van der Waals surface area contributed by atoms with Crippen molar-refractivity contribution in [3.63, 3.8) is 0 Å². The van der Waals surface area contributed by atoms with Crippen molar-refractivity contribution in [3.8, 4) is 5.75 Å². The van der Waals surface area contributed by atoms with Crippen LogP contribution in [0.25, 0.3) is 0 Å². The molecule has 0 atom stereocenters. The van der Waals surface area contributed by atoms with Gasteiger partial charge in [0.2, 0.25) is 10.0 Å². The first-order chi connectivity index (χ1) is 12.9. The first kappa shape index (κ1) is 19.7. The largest absolute Gasteiger partial charge is 0.495 e. The van der Waals surface area contributed by atoms with Gasteiger partial charge in [0.1, 0.15) is 5.75 Å². The van der Waals surface area contributed by atoms with E-state index >= 15 is 0 Å². The average Bonchev–Trinajstić information content (AvgIpc) is 3.18. The number of benzene rings is 2. The van der Waals surface area contributed by atoms with Crippen LogP contribution in [0.2, 0.25) is 5.02 Å². The Balaban J connectivity index is 1.66. The molecule has 0 aliphatic carbocycles. The monoisotopic (exact) mass is 408 g/mol. The zero-order chi connectivity index (χ0) is 19.4. The third kappa shape index (κ3) is 4.80. The smallest absolute Gasteiger partial charge is 0.255 e. The fraction of sp³-hybridized carbons (Fsp3) is 0.316. The number of amides is 1. The molecule has 8 heteroatoms. The molecule has 0 spiro atoms. The molecule has 1 saturated heterocycles. The molecule has 2 aromatic rings. The highest BCUT2D eigenvalue weighted by Crippen LogP contribution is 2.27. The van der Waals surface area contributed by atoms with E-state index in [1.165, 1.54) is 11.4 Å². The van der Waals surface area contributed by atoms with Crippen LogP contribution in [0.15, 0.2) is 42.5 Å². The summed E-state index contributed by atoms with van der Waals surface area (Å²) in [5.74, 6) is 0.173. The molecule has 1 N–H and O–H groups in total. The summed E-state index contributed by atoms with van der Waals surface area (Å²) in [6.07, 6.45) is 1.82. The number of ether oxygens (including phenoxy) is 1. The molecule has 0 unspecified atom stereocenters. The maximum Gasteiger partial charge on any atom is 0.255 e. The van der Waals surface area contributed by atoms with Gasteiger partial charge in [-0.15, -0.1) is 0 Å². The van der Waals surface area contributed by atoms with Crippen LogP contribution >= 0.6 is 11.6 Å². The molecule has 0 bridgehead atoms. The van der Waals surface area contributed by atoms with E-state index in [1.807, 2.05) is 0 Å². The predicted molar refractivity (Wildman–Crippen MR) is 106 cm³/mol. The SMILES string of the molecule is COc1ccc(NC(=O)c2ccc(CS(=O)(=O)N3CCCC3)cc2)cc1Cl. The van der Waals surface area contributed by atoms with E-state index < -0.39 is 10.0 Å². The van der Waals surface area contributed by atoms with Crippen LogP contribution in [-0.4, -0.2) is 38.8 Å². The Bertz CT molecular complexity index is 923. The summed E-state index contributed by atoms with van der Waals surface area (Å²) < 4.78 is 31.4. The fourth-order valence-electron chi connectivity index (χ4n) is 2.97. The molecule has 3 rings (SSSR count). The average molecular weight is 409 g/mol. The second-order valence-electron chi connectivity index (χ2n) is 6.36. The minimum Gasteiger partial charge on any atom is -0.495 e. The van der Waals surface area contributed by atoms with Crippen molar-refractivity contribution < 1.29 is 17.9 Å². The first-order valence-corrected chi connectivity index (χ1v) is 10.6. The van der Waals surface area contributed by atoms with Gasteiger partial charge in [0, 0.05) is 24.3 Å². The van der Waals surface area contributed by atoms with Gasteiger partial charge in [0.05, 0.1) is 17.9 Å². The highest BCUT2D eigenvalue weighted by molar-refractivity contribution is 7.88. The number of hydrogen-bond acceptors (Lipinski definition) is 4. The predicted octanol–water partition coefficient (Wildman–Crippen LogP) is 3.53. The van der Waals surface area contributed by atoms with Gasteiger partial charge in [-0.1, -0.05) is 23.7 Å². The molecule has 2 aromatic carbocycles. The number of sulfonamides is 1. The van der Waals surface area contributed by atoms with E-state index in [0.29, 0.717) is 40.7 Å². The molecular weight excluding hydrogens is 388 g/mol. The minimum atomic E-state index is -3.30. The maximum absolute atomic E-state index is 12.4. The van der Waals surface area contributed by atoms with Crippen molar-refractivity contribution >= 4 is 33.2 Å². The Kier molecular flexibility index (Phi) is 6.04. The third-order valence-corrected chi connectivity index (χ3v) is 6.58. The Morgan fingerprint density at radius 3 is 2.41 bits per heavy atom. The number of carbonyl (C=O) groups is 1. The third-order valence-electron chi connectivity index (χ3n) is 4.43. The fourth-order valence-corrected chi connectivity index (χ4v) is 4.84. The van der Waals surface area contributed by atoms with Gasteiger partial charge in [-0.05, 0) is 48.7 Å². The Morgan fingerprint density at radius 1 is 1.15 bits per heavy atom. The van der Waals surface area contributed by atoms with Gasteiger partial charge in [-0.3, -0.25) is 4.79 Å². The molecule has 1 amide bonds. The van der Waals surface area contributed by atoms with Crippen LogP contribution in [0.5, 0.6) is 5.75 Å². The van der Waals surface area contributed by atoms with Crippen molar-refractivity contribution in [2.24, 2.45) is 0 Å². The summed E-state index contributed by atoms with van der Waals surface area (Å²) in [5.41, 5.74) is 1.64. The summed E-state index contributed by atoms with van der Waals surface area (Å²) in [4.78, 5) is 12.4. The van der Waals surface area contributed by atoms with Crippen LogP contribution in [0.1, 0.15) is 28.8 Å². The topological polar surface area (TPSA) is 75.7 Å². The second-order valence-corrected chi connectivity index (χ2v) is 8.74. The Hall–Kier alpha value is -2.09. The van der Waals surface area contributed by atoms with Crippen LogP contribution in [0, 0.1) is 0 Å².